The number of rotatable bonds is 7. The number of hydrogen-bond acceptors (Lipinski definition) is 5. The number of imidazole rings is 1. The zero-order chi connectivity index (χ0) is 23.1. The minimum atomic E-state index is -0.443. The molecule has 8 nitrogen and oxygen atoms in total. The molecule has 1 aliphatic heterocycles. The number of nitrogens with one attached hydrogen (secondary N) is 1. The maximum absolute atomic E-state index is 13.1. The van der Waals surface area contributed by atoms with Crippen LogP contribution in [0.5, 0.6) is 5.75 Å². The molecule has 33 heavy (non-hydrogen) atoms. The van der Waals surface area contributed by atoms with Gasteiger partial charge in [0.25, 0.3) is 11.8 Å². The molecule has 2 amide bonds. The number of ether oxygens (including phenoxy) is 1. The van der Waals surface area contributed by atoms with E-state index in [2.05, 4.69) is 28.7 Å². The van der Waals surface area contributed by atoms with Crippen molar-refractivity contribution < 1.29 is 19.4 Å². The highest BCUT2D eigenvalue weighted by molar-refractivity contribution is 6.49. The standard InChI is InChI=1S/C25H24N4O4/c1-15(2)29-14-18(17-12-16(7-8-19(17)29)33-11-5-10-30)22-23(25(32)27-24(22)31)20-13-26-21-6-3-4-9-28(20)21/h3-4,6-9,12-15,30H,5,10-11H2,1-2H3,(H,27,31,32). The van der Waals surface area contributed by atoms with E-state index < -0.39 is 11.8 Å². The van der Waals surface area contributed by atoms with Gasteiger partial charge in [-0.05, 0) is 44.2 Å². The first kappa shape index (κ1) is 21.0. The molecule has 0 atom stereocenters. The Kier molecular flexibility index (Phi) is 5.22. The highest BCUT2D eigenvalue weighted by Crippen LogP contribution is 2.38. The summed E-state index contributed by atoms with van der Waals surface area (Å²) in [7, 11) is 0. The predicted octanol–water partition coefficient (Wildman–Crippen LogP) is 3.20. The Labute approximate surface area is 190 Å². The number of imide groups is 1. The number of nitrogens with zero attached hydrogens (tertiary/aromatic N) is 3. The van der Waals surface area contributed by atoms with Gasteiger partial charge in [0.15, 0.2) is 0 Å². The third-order valence-corrected chi connectivity index (χ3v) is 5.81. The number of aromatic nitrogens is 3. The van der Waals surface area contributed by atoms with E-state index in [4.69, 9.17) is 9.84 Å². The average molecular weight is 444 g/mol. The van der Waals surface area contributed by atoms with Crippen LogP contribution >= 0.6 is 0 Å². The van der Waals surface area contributed by atoms with Crippen molar-refractivity contribution >= 4 is 39.5 Å². The van der Waals surface area contributed by atoms with E-state index >= 15 is 0 Å². The van der Waals surface area contributed by atoms with Gasteiger partial charge in [-0.1, -0.05) is 6.07 Å². The molecule has 168 valence electrons. The van der Waals surface area contributed by atoms with Crippen LogP contribution in [0.4, 0.5) is 0 Å². The molecular formula is C25H24N4O4. The van der Waals surface area contributed by atoms with Crippen LogP contribution in [0.15, 0.2) is 55.0 Å². The zero-order valence-corrected chi connectivity index (χ0v) is 18.4. The third kappa shape index (κ3) is 3.48. The first-order valence-corrected chi connectivity index (χ1v) is 10.9. The fraction of sp³-hybridized carbons (Fsp3) is 0.240. The number of hydrogen-bond donors (Lipinski definition) is 2. The van der Waals surface area contributed by atoms with Crippen molar-refractivity contribution in [1.29, 1.82) is 0 Å². The number of fused-ring (bicyclic) bond motifs is 2. The Bertz CT molecular complexity index is 1430. The summed E-state index contributed by atoms with van der Waals surface area (Å²) in [6.07, 6.45) is 5.89. The van der Waals surface area contributed by atoms with Crippen molar-refractivity contribution in [3.8, 4) is 5.75 Å². The first-order valence-electron chi connectivity index (χ1n) is 10.9. The summed E-state index contributed by atoms with van der Waals surface area (Å²) >= 11 is 0. The molecule has 0 radical (unpaired) electrons. The van der Waals surface area contributed by atoms with Crippen LogP contribution in [0.25, 0.3) is 27.7 Å². The smallest absolute Gasteiger partial charge is 0.261 e. The Morgan fingerprint density at radius 2 is 1.94 bits per heavy atom. The second-order valence-corrected chi connectivity index (χ2v) is 8.25. The maximum atomic E-state index is 13.1. The van der Waals surface area contributed by atoms with E-state index in [0.29, 0.717) is 46.8 Å². The fourth-order valence-corrected chi connectivity index (χ4v) is 4.28. The maximum Gasteiger partial charge on any atom is 0.261 e. The molecule has 0 aliphatic carbocycles. The van der Waals surface area contributed by atoms with E-state index in [1.165, 1.54) is 0 Å². The minimum absolute atomic E-state index is 0.0506. The van der Waals surface area contributed by atoms with E-state index in [0.717, 1.165) is 10.9 Å². The lowest BCUT2D eigenvalue weighted by Gasteiger charge is -2.10. The number of aliphatic hydroxyl groups excluding tert-OH is 1. The van der Waals surface area contributed by atoms with Gasteiger partial charge in [-0.2, -0.15) is 0 Å². The monoisotopic (exact) mass is 444 g/mol. The molecule has 0 unspecified atom stereocenters. The van der Waals surface area contributed by atoms with Crippen molar-refractivity contribution in [1.82, 2.24) is 19.3 Å². The van der Waals surface area contributed by atoms with Crippen LogP contribution in [-0.2, 0) is 9.59 Å². The fourth-order valence-electron chi connectivity index (χ4n) is 4.28. The molecular weight excluding hydrogens is 420 g/mol. The topological polar surface area (TPSA) is 97.9 Å². The van der Waals surface area contributed by atoms with Crippen molar-refractivity contribution in [2.45, 2.75) is 26.3 Å². The number of carbonyl (C=O) groups excluding carboxylic acids is 2. The summed E-state index contributed by atoms with van der Waals surface area (Å²) in [6.45, 7) is 4.56. The van der Waals surface area contributed by atoms with Crippen LogP contribution in [0.1, 0.15) is 37.6 Å². The predicted molar refractivity (Wildman–Crippen MR) is 125 cm³/mol. The van der Waals surface area contributed by atoms with Crippen LogP contribution in [-0.4, -0.2) is 44.1 Å². The highest BCUT2D eigenvalue weighted by atomic mass is 16.5. The second kappa shape index (κ2) is 8.22. The van der Waals surface area contributed by atoms with Gasteiger partial charge in [-0.25, -0.2) is 4.98 Å². The summed E-state index contributed by atoms with van der Waals surface area (Å²) in [5.41, 5.74) is 3.47. The van der Waals surface area contributed by atoms with Gasteiger partial charge in [0, 0.05) is 47.9 Å². The van der Waals surface area contributed by atoms with Crippen molar-refractivity contribution in [3.05, 3.63) is 66.2 Å². The SMILES string of the molecule is CC(C)n1cc(C2=C(c3cnc4ccccn34)C(=O)NC2=O)c2cc(OCCCO)ccc21. The lowest BCUT2D eigenvalue weighted by molar-refractivity contribution is -0.122. The molecule has 0 saturated heterocycles. The molecule has 0 spiro atoms. The molecule has 2 N–H and O–H groups in total. The molecule has 0 saturated carbocycles. The molecule has 4 heterocycles. The summed E-state index contributed by atoms with van der Waals surface area (Å²) in [6, 6.07) is 11.4. The average Bonchev–Trinajstić information content (AvgIpc) is 3.46. The number of carbonyl (C=O) groups is 2. The van der Waals surface area contributed by atoms with Crippen LogP contribution < -0.4 is 10.1 Å². The normalized spacial score (nSPS) is 14.2. The number of aliphatic hydroxyl groups is 1. The summed E-state index contributed by atoms with van der Waals surface area (Å²) in [4.78, 5) is 30.4. The van der Waals surface area contributed by atoms with Crippen molar-refractivity contribution in [2.24, 2.45) is 0 Å². The molecule has 0 fully saturated rings. The largest absolute Gasteiger partial charge is 0.493 e. The summed E-state index contributed by atoms with van der Waals surface area (Å²) in [5.74, 6) is -0.239. The molecule has 8 heteroatoms. The Balaban J connectivity index is 1.75. The third-order valence-electron chi connectivity index (χ3n) is 5.81. The summed E-state index contributed by atoms with van der Waals surface area (Å²) in [5, 5.41) is 12.3. The molecule has 5 rings (SSSR count). The van der Waals surface area contributed by atoms with Crippen LogP contribution in [0.2, 0.25) is 0 Å². The number of amides is 2. The van der Waals surface area contributed by atoms with Gasteiger partial charge < -0.3 is 14.4 Å². The van der Waals surface area contributed by atoms with Gasteiger partial charge in [0.1, 0.15) is 11.4 Å². The molecule has 3 aromatic heterocycles. The number of pyridine rings is 1. The van der Waals surface area contributed by atoms with E-state index in [1.807, 2.05) is 48.8 Å². The minimum Gasteiger partial charge on any atom is -0.493 e. The Hall–Kier alpha value is -3.91. The Morgan fingerprint density at radius 3 is 2.73 bits per heavy atom. The molecule has 0 bridgehead atoms. The first-order chi connectivity index (χ1) is 16.0. The summed E-state index contributed by atoms with van der Waals surface area (Å²) < 4.78 is 9.66. The van der Waals surface area contributed by atoms with Crippen LogP contribution in [0, 0.1) is 0 Å². The molecule has 1 aliphatic rings. The van der Waals surface area contributed by atoms with Gasteiger partial charge >= 0.3 is 0 Å². The lowest BCUT2D eigenvalue weighted by atomic mass is 9.99. The van der Waals surface area contributed by atoms with Gasteiger partial charge in [0.05, 0.1) is 29.6 Å². The van der Waals surface area contributed by atoms with E-state index in [-0.39, 0.29) is 12.6 Å². The van der Waals surface area contributed by atoms with Gasteiger partial charge in [-0.3, -0.25) is 19.3 Å². The zero-order valence-electron chi connectivity index (χ0n) is 18.4. The van der Waals surface area contributed by atoms with E-state index in [9.17, 15) is 9.59 Å². The highest BCUT2D eigenvalue weighted by Gasteiger charge is 2.35. The van der Waals surface area contributed by atoms with Gasteiger partial charge in [0.2, 0.25) is 0 Å². The lowest BCUT2D eigenvalue weighted by Crippen LogP contribution is -2.23. The van der Waals surface area contributed by atoms with Crippen LogP contribution in [0.3, 0.4) is 0 Å². The number of benzene rings is 1. The van der Waals surface area contributed by atoms with Crippen molar-refractivity contribution in [2.75, 3.05) is 13.2 Å². The van der Waals surface area contributed by atoms with E-state index in [1.54, 1.807) is 10.6 Å². The second-order valence-electron chi connectivity index (χ2n) is 8.25. The molecule has 1 aromatic carbocycles. The Morgan fingerprint density at radius 1 is 1.12 bits per heavy atom. The quantitative estimate of drug-likeness (QED) is 0.337. The van der Waals surface area contributed by atoms with Crippen molar-refractivity contribution in [3.63, 3.8) is 0 Å². The molecule has 4 aromatic rings. The van der Waals surface area contributed by atoms with Gasteiger partial charge in [-0.15, -0.1) is 0 Å².